The first-order valence-corrected chi connectivity index (χ1v) is 9.22. The Labute approximate surface area is 135 Å². The summed E-state index contributed by atoms with van der Waals surface area (Å²) in [5, 5.41) is 0. The number of hydrogen-bond donors (Lipinski definition) is 0. The van der Waals surface area contributed by atoms with Crippen LogP contribution in [0.25, 0.3) is 0 Å². The second kappa shape index (κ2) is 9.99. The highest BCUT2D eigenvalue weighted by Crippen LogP contribution is 2.34. The lowest BCUT2D eigenvalue weighted by Gasteiger charge is -2.19. The van der Waals surface area contributed by atoms with Crippen molar-refractivity contribution in [1.82, 2.24) is 0 Å². The molecule has 0 aliphatic heterocycles. The van der Waals surface area contributed by atoms with Crippen LogP contribution in [0.3, 0.4) is 0 Å². The van der Waals surface area contributed by atoms with Crippen molar-refractivity contribution < 1.29 is 0 Å². The van der Waals surface area contributed by atoms with Crippen LogP contribution in [0.4, 0.5) is 0 Å². The van der Waals surface area contributed by atoms with E-state index in [2.05, 4.69) is 63.9 Å². The van der Waals surface area contributed by atoms with Crippen LogP contribution in [-0.2, 0) is 0 Å². The molecule has 0 heterocycles. The summed E-state index contributed by atoms with van der Waals surface area (Å²) < 4.78 is 2.42. The molecule has 1 aromatic carbocycles. The standard InChI is InChI=1S/C17H26Br2/c1-3-5-7-8-10-14(9-6-4-2)16-12-11-15(18)13-17(16)19/h11-14H,3-10H2,1-2H3. The summed E-state index contributed by atoms with van der Waals surface area (Å²) in [6, 6.07) is 6.64. The molecule has 1 rings (SSSR count). The van der Waals surface area contributed by atoms with Gasteiger partial charge in [-0.15, -0.1) is 0 Å². The summed E-state index contributed by atoms with van der Waals surface area (Å²) in [7, 11) is 0. The predicted molar refractivity (Wildman–Crippen MR) is 92.9 cm³/mol. The Morgan fingerprint density at radius 3 is 2.21 bits per heavy atom. The maximum absolute atomic E-state index is 3.73. The Morgan fingerprint density at radius 2 is 1.58 bits per heavy atom. The van der Waals surface area contributed by atoms with Gasteiger partial charge in [-0.2, -0.15) is 0 Å². The fraction of sp³-hybridized carbons (Fsp3) is 0.647. The van der Waals surface area contributed by atoms with E-state index in [1.807, 2.05) is 0 Å². The molecule has 0 bridgehead atoms. The Kier molecular flexibility index (Phi) is 9.06. The summed E-state index contributed by atoms with van der Waals surface area (Å²) in [5.74, 6) is 0.722. The van der Waals surface area contributed by atoms with Gasteiger partial charge in [-0.3, -0.25) is 0 Å². The third kappa shape index (κ3) is 6.44. The molecule has 0 nitrogen and oxygen atoms in total. The summed E-state index contributed by atoms with van der Waals surface area (Å²) >= 11 is 7.27. The van der Waals surface area contributed by atoms with Gasteiger partial charge in [0.05, 0.1) is 0 Å². The molecule has 0 aliphatic rings. The molecule has 1 aromatic rings. The number of hydrogen-bond acceptors (Lipinski definition) is 0. The maximum Gasteiger partial charge on any atom is 0.0221 e. The van der Waals surface area contributed by atoms with Gasteiger partial charge < -0.3 is 0 Å². The van der Waals surface area contributed by atoms with Crippen LogP contribution < -0.4 is 0 Å². The van der Waals surface area contributed by atoms with Crippen molar-refractivity contribution in [1.29, 1.82) is 0 Å². The Balaban J connectivity index is 2.66. The first-order chi connectivity index (χ1) is 9.19. The molecule has 19 heavy (non-hydrogen) atoms. The lowest BCUT2D eigenvalue weighted by molar-refractivity contribution is 0.507. The van der Waals surface area contributed by atoms with Crippen LogP contribution in [-0.4, -0.2) is 0 Å². The van der Waals surface area contributed by atoms with Gasteiger partial charge in [0, 0.05) is 8.95 Å². The van der Waals surface area contributed by atoms with Crippen molar-refractivity contribution in [3.63, 3.8) is 0 Å². The largest absolute Gasteiger partial charge is 0.0654 e. The van der Waals surface area contributed by atoms with E-state index in [9.17, 15) is 0 Å². The molecule has 2 heteroatoms. The Bertz CT molecular complexity index is 360. The number of halogens is 2. The molecule has 0 aromatic heterocycles. The molecular weight excluding hydrogens is 364 g/mol. The summed E-state index contributed by atoms with van der Waals surface area (Å²) in [5.41, 5.74) is 1.49. The zero-order chi connectivity index (χ0) is 14.1. The van der Waals surface area contributed by atoms with Crippen LogP contribution in [0.15, 0.2) is 27.1 Å². The average molecular weight is 390 g/mol. The van der Waals surface area contributed by atoms with Gasteiger partial charge in [-0.05, 0) is 36.5 Å². The highest BCUT2D eigenvalue weighted by atomic mass is 79.9. The molecule has 0 saturated carbocycles. The predicted octanol–water partition coefficient (Wildman–Crippen LogP) is 7.46. The Morgan fingerprint density at radius 1 is 0.895 bits per heavy atom. The van der Waals surface area contributed by atoms with Crippen LogP contribution >= 0.6 is 31.9 Å². The lowest BCUT2D eigenvalue weighted by Crippen LogP contribution is -2.00. The van der Waals surface area contributed by atoms with Crippen LogP contribution in [0, 0.1) is 0 Å². The fourth-order valence-corrected chi connectivity index (χ4v) is 3.93. The molecule has 0 saturated heterocycles. The van der Waals surface area contributed by atoms with E-state index < -0.39 is 0 Å². The van der Waals surface area contributed by atoms with E-state index >= 15 is 0 Å². The second-order valence-corrected chi connectivity index (χ2v) is 7.12. The molecule has 0 N–H and O–H groups in total. The molecule has 0 amide bonds. The zero-order valence-electron chi connectivity index (χ0n) is 12.2. The lowest BCUT2D eigenvalue weighted by atomic mass is 9.88. The minimum absolute atomic E-state index is 0.722. The van der Waals surface area contributed by atoms with Gasteiger partial charge in [-0.25, -0.2) is 0 Å². The third-order valence-electron chi connectivity index (χ3n) is 3.71. The second-order valence-electron chi connectivity index (χ2n) is 5.35. The smallest absolute Gasteiger partial charge is 0.0221 e. The first kappa shape index (κ1) is 17.2. The maximum atomic E-state index is 3.73. The fourth-order valence-electron chi connectivity index (χ4n) is 2.56. The third-order valence-corrected chi connectivity index (χ3v) is 4.89. The van der Waals surface area contributed by atoms with Crippen molar-refractivity contribution in [2.45, 2.75) is 71.1 Å². The van der Waals surface area contributed by atoms with Gasteiger partial charge >= 0.3 is 0 Å². The van der Waals surface area contributed by atoms with E-state index in [0.717, 1.165) is 10.4 Å². The quantitative estimate of drug-likeness (QED) is 0.384. The molecule has 0 radical (unpaired) electrons. The van der Waals surface area contributed by atoms with Gasteiger partial charge in [-0.1, -0.05) is 90.3 Å². The molecule has 108 valence electrons. The van der Waals surface area contributed by atoms with Crippen molar-refractivity contribution in [2.75, 3.05) is 0 Å². The van der Waals surface area contributed by atoms with Gasteiger partial charge in [0.25, 0.3) is 0 Å². The van der Waals surface area contributed by atoms with E-state index in [1.54, 1.807) is 0 Å². The molecule has 1 atom stereocenters. The highest BCUT2D eigenvalue weighted by Gasteiger charge is 2.14. The summed E-state index contributed by atoms with van der Waals surface area (Å²) in [6.07, 6.45) is 10.7. The van der Waals surface area contributed by atoms with Crippen LogP contribution in [0.1, 0.15) is 76.7 Å². The number of rotatable bonds is 9. The van der Waals surface area contributed by atoms with Crippen molar-refractivity contribution in [3.05, 3.63) is 32.7 Å². The molecule has 1 unspecified atom stereocenters. The minimum atomic E-state index is 0.722. The molecule has 0 aliphatic carbocycles. The van der Waals surface area contributed by atoms with Crippen molar-refractivity contribution in [2.24, 2.45) is 0 Å². The van der Waals surface area contributed by atoms with Crippen molar-refractivity contribution in [3.8, 4) is 0 Å². The van der Waals surface area contributed by atoms with Crippen molar-refractivity contribution >= 4 is 31.9 Å². The van der Waals surface area contributed by atoms with E-state index in [1.165, 1.54) is 61.4 Å². The minimum Gasteiger partial charge on any atom is -0.0654 e. The first-order valence-electron chi connectivity index (χ1n) is 7.64. The van der Waals surface area contributed by atoms with E-state index in [4.69, 9.17) is 0 Å². The van der Waals surface area contributed by atoms with Gasteiger partial charge in [0.15, 0.2) is 0 Å². The van der Waals surface area contributed by atoms with Gasteiger partial charge in [0.2, 0.25) is 0 Å². The topological polar surface area (TPSA) is 0 Å². The van der Waals surface area contributed by atoms with Gasteiger partial charge in [0.1, 0.15) is 0 Å². The highest BCUT2D eigenvalue weighted by molar-refractivity contribution is 9.11. The normalized spacial score (nSPS) is 12.6. The Hall–Kier alpha value is 0.180. The average Bonchev–Trinajstić information content (AvgIpc) is 2.39. The monoisotopic (exact) mass is 388 g/mol. The molecule has 0 spiro atoms. The van der Waals surface area contributed by atoms with E-state index in [0.29, 0.717) is 0 Å². The molecular formula is C17H26Br2. The number of benzene rings is 1. The van der Waals surface area contributed by atoms with E-state index in [-0.39, 0.29) is 0 Å². The zero-order valence-corrected chi connectivity index (χ0v) is 15.4. The SMILES string of the molecule is CCCCCCC(CCCC)c1ccc(Br)cc1Br. The number of unbranched alkanes of at least 4 members (excludes halogenated alkanes) is 4. The van der Waals surface area contributed by atoms with Crippen LogP contribution in [0.2, 0.25) is 0 Å². The van der Waals surface area contributed by atoms with Crippen LogP contribution in [0.5, 0.6) is 0 Å². The molecule has 0 fully saturated rings. The summed E-state index contributed by atoms with van der Waals surface area (Å²) in [4.78, 5) is 0. The summed E-state index contributed by atoms with van der Waals surface area (Å²) in [6.45, 7) is 4.56.